The summed E-state index contributed by atoms with van der Waals surface area (Å²) in [5.74, 6) is 1.70. The van der Waals surface area contributed by atoms with E-state index in [1.54, 1.807) is 0 Å². The molecule has 1 aromatic heterocycles. The van der Waals surface area contributed by atoms with E-state index >= 15 is 0 Å². The van der Waals surface area contributed by atoms with E-state index in [1.807, 2.05) is 12.1 Å². The molecule has 152 valence electrons. The first-order valence-corrected chi connectivity index (χ1v) is 11.4. The van der Waals surface area contributed by atoms with Crippen LogP contribution in [0, 0.1) is 6.92 Å². The molecule has 1 atom stereocenters. The molecule has 1 aliphatic heterocycles. The summed E-state index contributed by atoms with van der Waals surface area (Å²) in [5, 5.41) is 4.70. The number of fused-ring (bicyclic) bond motifs is 1. The van der Waals surface area contributed by atoms with Crippen molar-refractivity contribution in [2.45, 2.75) is 45.6 Å². The topological polar surface area (TPSA) is 41.1 Å². The van der Waals surface area contributed by atoms with Crippen molar-refractivity contribution in [2.24, 2.45) is 0 Å². The van der Waals surface area contributed by atoms with Crippen molar-refractivity contribution in [2.75, 3.05) is 25.0 Å². The van der Waals surface area contributed by atoms with E-state index in [-0.39, 0.29) is 0 Å². The van der Waals surface area contributed by atoms with Crippen LogP contribution in [-0.4, -0.2) is 40.5 Å². The first-order chi connectivity index (χ1) is 14.1. The van der Waals surface area contributed by atoms with Crippen molar-refractivity contribution in [1.82, 2.24) is 14.9 Å². The van der Waals surface area contributed by atoms with Gasteiger partial charge in [0, 0.05) is 34.6 Å². The fourth-order valence-corrected chi connectivity index (χ4v) is 4.35. The van der Waals surface area contributed by atoms with E-state index in [2.05, 4.69) is 70.3 Å². The maximum atomic E-state index is 4.89. The first kappa shape index (κ1) is 20.3. The number of anilines is 1. The van der Waals surface area contributed by atoms with E-state index in [0.29, 0.717) is 0 Å². The third-order valence-corrected chi connectivity index (χ3v) is 6.34. The molecule has 0 saturated carbocycles. The molecule has 0 amide bonds. The van der Waals surface area contributed by atoms with Crippen LogP contribution in [0.4, 0.5) is 5.82 Å². The third-order valence-electron chi connectivity index (χ3n) is 5.81. The monoisotopic (exact) mass is 452 g/mol. The number of halogens is 1. The molecule has 29 heavy (non-hydrogen) atoms. The maximum absolute atomic E-state index is 4.89. The molecule has 0 radical (unpaired) electrons. The average Bonchev–Trinajstić information content (AvgIpc) is 2.73. The Balaban J connectivity index is 1.53. The second-order valence-electron chi connectivity index (χ2n) is 8.08. The van der Waals surface area contributed by atoms with E-state index in [1.165, 1.54) is 31.4 Å². The lowest BCUT2D eigenvalue weighted by atomic mass is 10.0. The van der Waals surface area contributed by atoms with Gasteiger partial charge in [-0.1, -0.05) is 46.1 Å². The lowest BCUT2D eigenvalue weighted by Gasteiger charge is -2.33. The quantitative estimate of drug-likeness (QED) is 0.462. The largest absolute Gasteiger partial charge is 0.369 e. The number of nitrogens with zero attached hydrogens (tertiary/aromatic N) is 3. The molecule has 1 N–H and O–H groups in total. The molecule has 3 aromatic rings. The normalized spacial score (nSPS) is 17.6. The summed E-state index contributed by atoms with van der Waals surface area (Å²) >= 11 is 3.50. The first-order valence-electron chi connectivity index (χ1n) is 10.6. The predicted octanol–water partition coefficient (Wildman–Crippen LogP) is 6.04. The zero-order valence-electron chi connectivity index (χ0n) is 17.3. The SMILES string of the molecule is Cc1ccc2nc(-c3ccc(Br)cc3)nc(NCCCN3CCCCC3C)c2c1. The van der Waals surface area contributed by atoms with Crippen molar-refractivity contribution in [3.05, 3.63) is 52.5 Å². The summed E-state index contributed by atoms with van der Waals surface area (Å²) in [5.41, 5.74) is 3.24. The zero-order valence-corrected chi connectivity index (χ0v) is 18.9. The fraction of sp³-hybridized carbons (Fsp3) is 0.417. The Bertz CT molecular complexity index is 971. The van der Waals surface area contributed by atoms with E-state index in [4.69, 9.17) is 9.97 Å². The number of rotatable bonds is 6. The number of aryl methyl sites for hydroxylation is 1. The van der Waals surface area contributed by atoms with Crippen LogP contribution in [0.15, 0.2) is 46.9 Å². The van der Waals surface area contributed by atoms with Crippen molar-refractivity contribution < 1.29 is 0 Å². The summed E-state index contributed by atoms with van der Waals surface area (Å²) in [6.45, 7) is 7.78. The highest BCUT2D eigenvalue weighted by Crippen LogP contribution is 2.27. The van der Waals surface area contributed by atoms with Crippen LogP contribution in [0.25, 0.3) is 22.3 Å². The van der Waals surface area contributed by atoms with Gasteiger partial charge in [0.15, 0.2) is 5.82 Å². The molecular weight excluding hydrogens is 424 g/mol. The van der Waals surface area contributed by atoms with Crippen molar-refractivity contribution >= 4 is 32.7 Å². The molecule has 0 spiro atoms. The summed E-state index contributed by atoms with van der Waals surface area (Å²) in [7, 11) is 0. The van der Waals surface area contributed by atoms with Gasteiger partial charge in [-0.05, 0) is 63.9 Å². The number of hydrogen-bond donors (Lipinski definition) is 1. The number of piperidine rings is 1. The van der Waals surface area contributed by atoms with Gasteiger partial charge in [-0.3, -0.25) is 0 Å². The Morgan fingerprint density at radius 2 is 1.93 bits per heavy atom. The van der Waals surface area contributed by atoms with E-state index in [9.17, 15) is 0 Å². The Labute approximate surface area is 181 Å². The van der Waals surface area contributed by atoms with Gasteiger partial charge in [-0.15, -0.1) is 0 Å². The summed E-state index contributed by atoms with van der Waals surface area (Å²) in [6, 6.07) is 15.3. The predicted molar refractivity (Wildman–Crippen MR) is 125 cm³/mol. The van der Waals surface area contributed by atoms with Crippen LogP contribution in [0.3, 0.4) is 0 Å². The molecule has 2 heterocycles. The van der Waals surface area contributed by atoms with Crippen molar-refractivity contribution in [3.63, 3.8) is 0 Å². The molecule has 4 rings (SSSR count). The van der Waals surface area contributed by atoms with Gasteiger partial charge < -0.3 is 10.2 Å². The lowest BCUT2D eigenvalue weighted by molar-refractivity contribution is 0.160. The van der Waals surface area contributed by atoms with Gasteiger partial charge in [0.05, 0.1) is 5.52 Å². The van der Waals surface area contributed by atoms with Gasteiger partial charge in [-0.2, -0.15) is 0 Å². The molecule has 5 heteroatoms. The van der Waals surface area contributed by atoms with E-state index < -0.39 is 0 Å². The molecule has 4 nitrogen and oxygen atoms in total. The van der Waals surface area contributed by atoms with Gasteiger partial charge in [0.1, 0.15) is 5.82 Å². The molecule has 1 fully saturated rings. The molecule has 1 aliphatic rings. The van der Waals surface area contributed by atoms with Gasteiger partial charge in [-0.25, -0.2) is 9.97 Å². The van der Waals surface area contributed by atoms with Crippen molar-refractivity contribution in [1.29, 1.82) is 0 Å². The fourth-order valence-electron chi connectivity index (χ4n) is 4.08. The number of likely N-dealkylation sites (tertiary alicyclic amines) is 1. The second-order valence-corrected chi connectivity index (χ2v) is 9.00. The summed E-state index contributed by atoms with van der Waals surface area (Å²) in [6.07, 6.45) is 5.17. The molecule has 2 aromatic carbocycles. The Hall–Kier alpha value is -1.98. The van der Waals surface area contributed by atoms with Crippen LogP contribution in [0.2, 0.25) is 0 Å². The molecule has 0 aliphatic carbocycles. The number of hydrogen-bond acceptors (Lipinski definition) is 4. The third kappa shape index (κ3) is 4.96. The van der Waals surface area contributed by atoms with Crippen LogP contribution in [0.5, 0.6) is 0 Å². The summed E-state index contributed by atoms with van der Waals surface area (Å²) < 4.78 is 1.06. The minimum atomic E-state index is 0.718. The molecule has 0 bridgehead atoms. The van der Waals surface area contributed by atoms with Gasteiger partial charge in [0.2, 0.25) is 0 Å². The highest BCUT2D eigenvalue weighted by Gasteiger charge is 2.17. The second kappa shape index (κ2) is 9.23. The summed E-state index contributed by atoms with van der Waals surface area (Å²) in [4.78, 5) is 12.3. The molecule has 1 saturated heterocycles. The highest BCUT2D eigenvalue weighted by molar-refractivity contribution is 9.10. The Morgan fingerprint density at radius 3 is 2.72 bits per heavy atom. The van der Waals surface area contributed by atoms with Crippen LogP contribution in [-0.2, 0) is 0 Å². The van der Waals surface area contributed by atoms with Gasteiger partial charge in [0.25, 0.3) is 0 Å². The smallest absolute Gasteiger partial charge is 0.162 e. The minimum Gasteiger partial charge on any atom is -0.369 e. The zero-order chi connectivity index (χ0) is 20.2. The van der Waals surface area contributed by atoms with Crippen molar-refractivity contribution in [3.8, 4) is 11.4 Å². The minimum absolute atomic E-state index is 0.718. The van der Waals surface area contributed by atoms with Crippen LogP contribution in [0.1, 0.15) is 38.2 Å². The Morgan fingerprint density at radius 1 is 1.10 bits per heavy atom. The highest BCUT2D eigenvalue weighted by atomic mass is 79.9. The number of benzene rings is 2. The average molecular weight is 453 g/mol. The lowest BCUT2D eigenvalue weighted by Crippen LogP contribution is -2.38. The number of nitrogens with one attached hydrogen (secondary N) is 1. The molecule has 1 unspecified atom stereocenters. The maximum Gasteiger partial charge on any atom is 0.162 e. The standard InChI is InChI=1S/C24H29BrN4/c1-17-7-12-22-21(16-17)24(26-13-5-15-29-14-4-3-6-18(29)2)28-23(27-22)19-8-10-20(25)11-9-19/h7-12,16,18H,3-6,13-15H2,1-2H3,(H,26,27,28). The van der Waals surface area contributed by atoms with E-state index in [0.717, 1.165) is 58.1 Å². The van der Waals surface area contributed by atoms with Crippen LogP contribution >= 0.6 is 15.9 Å². The van der Waals surface area contributed by atoms with Crippen LogP contribution < -0.4 is 5.32 Å². The van der Waals surface area contributed by atoms with Gasteiger partial charge >= 0.3 is 0 Å². The Kier molecular flexibility index (Phi) is 6.46. The number of aromatic nitrogens is 2. The molecular formula is C24H29BrN4.